The predicted octanol–water partition coefficient (Wildman–Crippen LogP) is 2.07. The van der Waals surface area contributed by atoms with Crippen molar-refractivity contribution in [3.8, 4) is 0 Å². The van der Waals surface area contributed by atoms with Crippen molar-refractivity contribution in [1.29, 1.82) is 0 Å². The number of piperidine rings is 1. The molecule has 0 aromatic carbocycles. The molecule has 118 valence electrons. The quantitative estimate of drug-likeness (QED) is 0.817. The van der Waals surface area contributed by atoms with Crippen molar-refractivity contribution in [3.05, 3.63) is 0 Å². The van der Waals surface area contributed by atoms with Crippen molar-refractivity contribution in [2.45, 2.75) is 44.9 Å². The van der Waals surface area contributed by atoms with Crippen molar-refractivity contribution >= 4 is 10.0 Å². The van der Waals surface area contributed by atoms with E-state index in [1.165, 1.54) is 44.8 Å². The highest BCUT2D eigenvalue weighted by molar-refractivity contribution is 7.88. The Morgan fingerprint density at radius 3 is 2.50 bits per heavy atom. The molecule has 20 heavy (non-hydrogen) atoms. The van der Waals surface area contributed by atoms with Crippen molar-refractivity contribution < 1.29 is 8.42 Å². The molecule has 0 radical (unpaired) electrons. The van der Waals surface area contributed by atoms with E-state index in [1.807, 2.05) is 7.05 Å². The Hall–Kier alpha value is -0.130. The van der Waals surface area contributed by atoms with Crippen LogP contribution < -0.4 is 5.32 Å². The van der Waals surface area contributed by atoms with Gasteiger partial charge in [-0.2, -0.15) is 0 Å². The second-order valence-electron chi connectivity index (χ2n) is 6.73. The molecule has 1 saturated carbocycles. The van der Waals surface area contributed by atoms with Crippen LogP contribution in [0.5, 0.6) is 0 Å². The smallest absolute Gasteiger partial charge is 0.211 e. The van der Waals surface area contributed by atoms with Gasteiger partial charge < -0.3 is 5.32 Å². The van der Waals surface area contributed by atoms with Gasteiger partial charge in [-0.3, -0.25) is 0 Å². The van der Waals surface area contributed by atoms with Gasteiger partial charge in [-0.25, -0.2) is 12.7 Å². The van der Waals surface area contributed by atoms with Gasteiger partial charge in [0, 0.05) is 13.1 Å². The molecule has 5 heteroatoms. The summed E-state index contributed by atoms with van der Waals surface area (Å²) in [7, 11) is -0.975. The molecular formula is C15H30N2O2S. The lowest BCUT2D eigenvalue weighted by molar-refractivity contribution is 0.198. The maximum atomic E-state index is 11.7. The molecule has 2 fully saturated rings. The van der Waals surface area contributed by atoms with Crippen molar-refractivity contribution in [2.75, 3.05) is 32.9 Å². The molecular weight excluding hydrogens is 272 g/mol. The Labute approximate surface area is 124 Å². The van der Waals surface area contributed by atoms with Gasteiger partial charge in [-0.1, -0.05) is 25.7 Å². The number of rotatable bonds is 6. The number of sulfonamides is 1. The molecule has 1 heterocycles. The molecule has 2 aliphatic rings. The van der Waals surface area contributed by atoms with Gasteiger partial charge in [0.15, 0.2) is 0 Å². The fourth-order valence-corrected chi connectivity index (χ4v) is 5.02. The minimum Gasteiger partial charge on any atom is -0.319 e. The molecule has 2 unspecified atom stereocenters. The number of nitrogens with one attached hydrogen (secondary N) is 1. The van der Waals surface area contributed by atoms with Gasteiger partial charge in [-0.15, -0.1) is 0 Å². The lowest BCUT2D eigenvalue weighted by Crippen LogP contribution is -2.40. The van der Waals surface area contributed by atoms with E-state index in [2.05, 4.69) is 5.32 Å². The standard InChI is InChI=1S/C15H30N2O2S/c1-16-11-15(14-7-3-4-8-14)10-13-6-5-9-17(12-13)20(2,18)19/h13-16H,3-12H2,1-2H3. The van der Waals surface area contributed by atoms with Gasteiger partial charge in [-0.05, 0) is 50.6 Å². The van der Waals surface area contributed by atoms with Crippen LogP contribution in [-0.4, -0.2) is 45.7 Å². The third kappa shape index (κ3) is 4.43. The van der Waals surface area contributed by atoms with Crippen LogP contribution in [0.3, 0.4) is 0 Å². The molecule has 1 aliphatic heterocycles. The summed E-state index contributed by atoms with van der Waals surface area (Å²) < 4.78 is 25.1. The summed E-state index contributed by atoms with van der Waals surface area (Å²) in [4.78, 5) is 0. The van der Waals surface area contributed by atoms with E-state index in [1.54, 1.807) is 4.31 Å². The first-order valence-corrected chi connectivity index (χ1v) is 9.95. The zero-order valence-corrected chi connectivity index (χ0v) is 13.8. The van der Waals surface area contributed by atoms with Crippen LogP contribution in [0.2, 0.25) is 0 Å². The maximum absolute atomic E-state index is 11.7. The molecule has 2 rings (SSSR count). The Morgan fingerprint density at radius 1 is 1.20 bits per heavy atom. The molecule has 1 aliphatic carbocycles. The average Bonchev–Trinajstić information content (AvgIpc) is 2.91. The summed E-state index contributed by atoms with van der Waals surface area (Å²) in [6, 6.07) is 0. The van der Waals surface area contributed by atoms with E-state index in [-0.39, 0.29) is 0 Å². The summed E-state index contributed by atoms with van der Waals surface area (Å²) in [5.74, 6) is 2.14. The minimum atomic E-state index is -3.01. The van der Waals surface area contributed by atoms with Crippen LogP contribution in [0.4, 0.5) is 0 Å². The molecule has 1 N–H and O–H groups in total. The van der Waals surface area contributed by atoms with Gasteiger partial charge in [0.2, 0.25) is 10.0 Å². The molecule has 4 nitrogen and oxygen atoms in total. The highest BCUT2D eigenvalue weighted by Gasteiger charge is 2.31. The van der Waals surface area contributed by atoms with Gasteiger partial charge in [0.25, 0.3) is 0 Å². The topological polar surface area (TPSA) is 49.4 Å². The molecule has 1 saturated heterocycles. The lowest BCUT2D eigenvalue weighted by atomic mass is 9.81. The summed E-state index contributed by atoms with van der Waals surface area (Å²) in [6.07, 6.45) is 10.3. The van der Waals surface area contributed by atoms with Crippen molar-refractivity contribution in [2.24, 2.45) is 17.8 Å². The zero-order valence-electron chi connectivity index (χ0n) is 13.0. The van der Waals surface area contributed by atoms with E-state index < -0.39 is 10.0 Å². The van der Waals surface area contributed by atoms with E-state index in [0.29, 0.717) is 5.92 Å². The van der Waals surface area contributed by atoms with Crippen LogP contribution in [0.15, 0.2) is 0 Å². The first kappa shape index (κ1) is 16.2. The third-order valence-corrected chi connectivity index (χ3v) is 6.39. The van der Waals surface area contributed by atoms with Crippen LogP contribution in [0.1, 0.15) is 44.9 Å². The normalized spacial score (nSPS) is 27.8. The number of nitrogens with zero attached hydrogens (tertiary/aromatic N) is 1. The second kappa shape index (κ2) is 7.23. The SMILES string of the molecule is CNCC(CC1CCCN(S(C)(=O)=O)C1)C1CCCC1. The van der Waals surface area contributed by atoms with Crippen molar-refractivity contribution in [1.82, 2.24) is 9.62 Å². The third-order valence-electron chi connectivity index (χ3n) is 5.12. The van der Waals surface area contributed by atoms with Gasteiger partial charge in [0.1, 0.15) is 0 Å². The summed E-state index contributed by atoms with van der Waals surface area (Å²) >= 11 is 0. The van der Waals surface area contributed by atoms with E-state index in [9.17, 15) is 8.42 Å². The first-order valence-electron chi connectivity index (χ1n) is 8.10. The molecule has 0 bridgehead atoms. The first-order chi connectivity index (χ1) is 9.50. The zero-order chi connectivity index (χ0) is 14.6. The maximum Gasteiger partial charge on any atom is 0.211 e. The molecule has 2 atom stereocenters. The summed E-state index contributed by atoms with van der Waals surface area (Å²) in [5.41, 5.74) is 0. The van der Waals surface area contributed by atoms with Crippen LogP contribution in [0, 0.1) is 17.8 Å². The Morgan fingerprint density at radius 2 is 1.90 bits per heavy atom. The minimum absolute atomic E-state index is 0.553. The van der Waals surface area contributed by atoms with Crippen molar-refractivity contribution in [3.63, 3.8) is 0 Å². The lowest BCUT2D eigenvalue weighted by Gasteiger charge is -2.34. The molecule has 0 aromatic heterocycles. The molecule has 0 aromatic rings. The fraction of sp³-hybridized carbons (Fsp3) is 1.00. The van der Waals surface area contributed by atoms with E-state index >= 15 is 0 Å². The Balaban J connectivity index is 1.92. The highest BCUT2D eigenvalue weighted by Crippen LogP contribution is 2.36. The van der Waals surface area contributed by atoms with Crippen LogP contribution in [-0.2, 0) is 10.0 Å². The summed E-state index contributed by atoms with van der Waals surface area (Å²) in [5, 5.41) is 3.34. The molecule has 0 spiro atoms. The fourth-order valence-electron chi connectivity index (χ4n) is 4.08. The number of hydrogen-bond acceptors (Lipinski definition) is 3. The Kier molecular flexibility index (Phi) is 5.87. The van der Waals surface area contributed by atoms with E-state index in [4.69, 9.17) is 0 Å². The van der Waals surface area contributed by atoms with Gasteiger partial charge in [0.05, 0.1) is 6.26 Å². The van der Waals surface area contributed by atoms with Crippen LogP contribution >= 0.6 is 0 Å². The molecule has 0 amide bonds. The summed E-state index contributed by atoms with van der Waals surface area (Å²) in [6.45, 7) is 2.54. The second-order valence-corrected chi connectivity index (χ2v) is 8.71. The predicted molar refractivity (Wildman–Crippen MR) is 83.1 cm³/mol. The highest BCUT2D eigenvalue weighted by atomic mass is 32.2. The van der Waals surface area contributed by atoms with E-state index in [0.717, 1.165) is 37.9 Å². The Bertz CT molecular complexity index is 391. The number of hydrogen-bond donors (Lipinski definition) is 1. The monoisotopic (exact) mass is 302 g/mol. The van der Waals surface area contributed by atoms with Crippen LogP contribution in [0.25, 0.3) is 0 Å². The average molecular weight is 302 g/mol. The largest absolute Gasteiger partial charge is 0.319 e. The van der Waals surface area contributed by atoms with Gasteiger partial charge >= 0.3 is 0 Å².